The molecule has 1 aromatic rings. The van der Waals surface area contributed by atoms with Crippen molar-refractivity contribution in [3.63, 3.8) is 0 Å². The minimum atomic E-state index is -0.173. The van der Waals surface area contributed by atoms with Gasteiger partial charge in [0.05, 0.1) is 18.6 Å². The van der Waals surface area contributed by atoms with Gasteiger partial charge in [0.15, 0.2) is 0 Å². The summed E-state index contributed by atoms with van der Waals surface area (Å²) >= 11 is 0. The zero-order chi connectivity index (χ0) is 19.6. The number of aliphatic imine (C=N–C) groups is 1. The van der Waals surface area contributed by atoms with Crippen molar-refractivity contribution in [2.75, 3.05) is 19.7 Å². The molecule has 8 N–H and O–H groups in total. The Morgan fingerprint density at radius 3 is 2.50 bits per heavy atom. The summed E-state index contributed by atoms with van der Waals surface area (Å²) in [6.07, 6.45) is 7.83. The topological polar surface area (TPSA) is 147 Å². The highest BCUT2D eigenvalue weighted by molar-refractivity contribution is 5.68. The fourth-order valence-corrected chi connectivity index (χ4v) is 4.29. The Hall–Kier alpha value is -2.32. The maximum atomic E-state index is 12.2. The molecule has 0 spiro atoms. The molecule has 4 rings (SSSR count). The van der Waals surface area contributed by atoms with E-state index >= 15 is 0 Å². The van der Waals surface area contributed by atoms with Crippen LogP contribution in [0.1, 0.15) is 45.4 Å². The van der Waals surface area contributed by atoms with Gasteiger partial charge in [0.1, 0.15) is 11.4 Å². The number of carbonyl (C=O) groups is 1. The van der Waals surface area contributed by atoms with Crippen LogP contribution in [0.25, 0.3) is 0 Å². The molecular formula is C22H37N5O3. The third-order valence-corrected chi connectivity index (χ3v) is 6.49. The maximum Gasteiger partial charge on any atom is 0.410 e. The van der Waals surface area contributed by atoms with E-state index in [0.717, 1.165) is 81.0 Å². The van der Waals surface area contributed by atoms with E-state index in [1.165, 1.54) is 12.8 Å². The van der Waals surface area contributed by atoms with Gasteiger partial charge in [-0.3, -0.25) is 0 Å². The summed E-state index contributed by atoms with van der Waals surface area (Å²) in [6.45, 7) is 4.47. The second kappa shape index (κ2) is 10.1. The average Bonchev–Trinajstić information content (AvgIpc) is 3.62. The first-order valence-corrected chi connectivity index (χ1v) is 10.5. The highest BCUT2D eigenvalue weighted by Crippen LogP contribution is 2.50. The van der Waals surface area contributed by atoms with Crippen LogP contribution in [-0.4, -0.2) is 42.6 Å². The van der Waals surface area contributed by atoms with Gasteiger partial charge in [0.2, 0.25) is 0 Å². The Kier molecular flexibility index (Phi) is 8.09. The van der Waals surface area contributed by atoms with Gasteiger partial charge in [0, 0.05) is 13.1 Å². The molecule has 3 aliphatic rings. The minimum Gasteiger partial charge on any atom is -0.494 e. The number of hydrogen-bond acceptors (Lipinski definition) is 6. The minimum absolute atomic E-state index is 0. The lowest BCUT2D eigenvalue weighted by Crippen LogP contribution is -2.40. The predicted molar refractivity (Wildman–Crippen MR) is 119 cm³/mol. The molecule has 1 saturated heterocycles. The standard InChI is InChI=1S/C22H31N3O3.2H3N/c1-22(9-10-22)28-21(26)25-11-6-16(7-12-25)20-14-17(20)8-13-27-19-4-2-18(3-5-19)24-15-23;;/h2-5,15-17,20H,6-14H2,1H3,(H2,23,24);2*1H3/t17-,20-;;/m1../s1. The van der Waals surface area contributed by atoms with Crippen molar-refractivity contribution >= 4 is 18.1 Å². The normalized spacial score (nSPS) is 24.5. The van der Waals surface area contributed by atoms with Crippen LogP contribution in [-0.2, 0) is 4.74 Å². The first-order valence-electron chi connectivity index (χ1n) is 10.5. The number of benzene rings is 1. The molecule has 2 aliphatic carbocycles. The van der Waals surface area contributed by atoms with Gasteiger partial charge in [-0.25, -0.2) is 9.79 Å². The van der Waals surface area contributed by atoms with Crippen LogP contribution in [0.2, 0.25) is 0 Å². The first-order chi connectivity index (χ1) is 13.6. The molecule has 2 saturated carbocycles. The van der Waals surface area contributed by atoms with Gasteiger partial charge in [0.25, 0.3) is 0 Å². The van der Waals surface area contributed by atoms with E-state index in [2.05, 4.69) is 4.99 Å². The molecule has 0 aromatic heterocycles. The Bertz CT molecular complexity index is 712. The van der Waals surface area contributed by atoms with Gasteiger partial charge >= 0.3 is 6.09 Å². The fourth-order valence-electron chi connectivity index (χ4n) is 4.29. The second-order valence-corrected chi connectivity index (χ2v) is 8.71. The summed E-state index contributed by atoms with van der Waals surface area (Å²) in [5.74, 6) is 3.21. The number of likely N-dealkylation sites (tertiary alicyclic amines) is 1. The van der Waals surface area contributed by atoms with Crippen LogP contribution < -0.4 is 22.8 Å². The predicted octanol–water partition coefficient (Wildman–Crippen LogP) is 4.44. The van der Waals surface area contributed by atoms with Gasteiger partial charge < -0.3 is 32.4 Å². The van der Waals surface area contributed by atoms with Crippen molar-refractivity contribution in [1.82, 2.24) is 17.2 Å². The van der Waals surface area contributed by atoms with Crippen molar-refractivity contribution in [3.05, 3.63) is 24.3 Å². The SMILES string of the molecule is CC1(OC(=O)N2CCC([C@H]3C[C@H]3CCOc3ccc(N=CN)cc3)CC2)CC1.N.N. The van der Waals surface area contributed by atoms with E-state index in [-0.39, 0.29) is 24.0 Å². The van der Waals surface area contributed by atoms with Gasteiger partial charge in [-0.05, 0) is 87.5 Å². The third kappa shape index (κ3) is 6.09. The van der Waals surface area contributed by atoms with Crippen LogP contribution in [0.15, 0.2) is 29.3 Å². The van der Waals surface area contributed by atoms with Crippen LogP contribution >= 0.6 is 0 Å². The van der Waals surface area contributed by atoms with Crippen molar-refractivity contribution < 1.29 is 14.3 Å². The molecule has 0 bridgehead atoms. The molecule has 1 heterocycles. The van der Waals surface area contributed by atoms with Gasteiger partial charge in [-0.15, -0.1) is 0 Å². The largest absolute Gasteiger partial charge is 0.494 e. The van der Waals surface area contributed by atoms with E-state index in [9.17, 15) is 4.79 Å². The molecule has 8 heteroatoms. The van der Waals surface area contributed by atoms with Gasteiger partial charge in [-0.1, -0.05) is 0 Å². The second-order valence-electron chi connectivity index (χ2n) is 8.71. The van der Waals surface area contributed by atoms with Crippen molar-refractivity contribution in [1.29, 1.82) is 0 Å². The third-order valence-electron chi connectivity index (χ3n) is 6.49. The zero-order valence-corrected chi connectivity index (χ0v) is 18.1. The number of ether oxygens (including phenoxy) is 2. The lowest BCUT2D eigenvalue weighted by atomic mass is 9.91. The molecule has 8 nitrogen and oxygen atoms in total. The molecule has 1 aliphatic heterocycles. The molecule has 2 atom stereocenters. The number of hydrogen-bond donors (Lipinski definition) is 3. The Morgan fingerprint density at radius 2 is 1.90 bits per heavy atom. The smallest absolute Gasteiger partial charge is 0.410 e. The number of piperidine rings is 1. The van der Waals surface area contributed by atoms with E-state index < -0.39 is 0 Å². The highest BCUT2D eigenvalue weighted by atomic mass is 16.6. The summed E-state index contributed by atoms with van der Waals surface area (Å²) in [5.41, 5.74) is 5.95. The number of nitrogens with two attached hydrogens (primary N) is 1. The first kappa shape index (κ1) is 24.0. The number of amides is 1. The number of carbonyl (C=O) groups excluding carboxylic acids is 1. The lowest BCUT2D eigenvalue weighted by Gasteiger charge is -2.32. The summed E-state index contributed by atoms with van der Waals surface area (Å²) < 4.78 is 11.5. The average molecular weight is 420 g/mol. The molecule has 168 valence electrons. The van der Waals surface area contributed by atoms with E-state index in [0.29, 0.717) is 0 Å². The summed E-state index contributed by atoms with van der Waals surface area (Å²) in [4.78, 5) is 18.1. The van der Waals surface area contributed by atoms with Crippen molar-refractivity contribution in [3.8, 4) is 5.75 Å². The van der Waals surface area contributed by atoms with Crippen LogP contribution in [0.4, 0.5) is 10.5 Å². The van der Waals surface area contributed by atoms with Crippen molar-refractivity contribution in [2.24, 2.45) is 28.5 Å². The Labute approximate surface area is 179 Å². The van der Waals surface area contributed by atoms with Crippen molar-refractivity contribution in [2.45, 2.75) is 51.0 Å². The molecule has 30 heavy (non-hydrogen) atoms. The summed E-state index contributed by atoms with van der Waals surface area (Å²) in [5, 5.41) is 0. The molecule has 3 fully saturated rings. The zero-order valence-electron chi connectivity index (χ0n) is 18.1. The lowest BCUT2D eigenvalue weighted by molar-refractivity contribution is 0.0473. The molecule has 0 unspecified atom stereocenters. The van der Waals surface area contributed by atoms with E-state index in [1.807, 2.05) is 36.1 Å². The van der Waals surface area contributed by atoms with Gasteiger partial charge in [-0.2, -0.15) is 0 Å². The quantitative estimate of drug-likeness (QED) is 0.440. The molecule has 0 radical (unpaired) electrons. The Morgan fingerprint density at radius 1 is 1.23 bits per heavy atom. The fraction of sp³-hybridized carbons (Fsp3) is 0.636. The molecular weight excluding hydrogens is 382 g/mol. The van der Waals surface area contributed by atoms with E-state index in [1.54, 1.807) is 0 Å². The highest BCUT2D eigenvalue weighted by Gasteiger charge is 2.45. The van der Waals surface area contributed by atoms with E-state index in [4.69, 9.17) is 15.2 Å². The number of rotatable bonds is 7. The van der Waals surface area contributed by atoms with Crippen LogP contribution in [0.5, 0.6) is 5.75 Å². The summed E-state index contributed by atoms with van der Waals surface area (Å²) in [7, 11) is 0. The monoisotopic (exact) mass is 419 g/mol. The van der Waals surface area contributed by atoms with Crippen LogP contribution in [0, 0.1) is 17.8 Å². The van der Waals surface area contributed by atoms with Crippen LogP contribution in [0.3, 0.4) is 0 Å². The maximum absolute atomic E-state index is 12.2. The Balaban J connectivity index is 0.00000160. The molecule has 1 aromatic carbocycles. The summed E-state index contributed by atoms with van der Waals surface area (Å²) in [6, 6.07) is 7.68. The number of nitrogens with zero attached hydrogens (tertiary/aromatic N) is 2. The molecule has 1 amide bonds.